The summed E-state index contributed by atoms with van der Waals surface area (Å²) in [4.78, 5) is 12.0. The molecule has 2 N–H and O–H groups in total. The SMILES string of the molecule is Cc1cc(C(=O)Nc2ccc(C#N)c(Cl)c2)ccc1O. The molecule has 0 saturated carbocycles. The number of rotatable bonds is 2. The first-order chi connectivity index (χ1) is 9.51. The van der Waals surface area contributed by atoms with Crippen LogP contribution in [0.1, 0.15) is 21.5 Å². The summed E-state index contributed by atoms with van der Waals surface area (Å²) in [5.74, 6) is -0.170. The van der Waals surface area contributed by atoms with E-state index in [-0.39, 0.29) is 16.7 Å². The second-order valence-corrected chi connectivity index (χ2v) is 4.67. The molecule has 100 valence electrons. The van der Waals surface area contributed by atoms with Crippen molar-refractivity contribution in [1.82, 2.24) is 0 Å². The fourth-order valence-electron chi connectivity index (χ4n) is 1.68. The number of aromatic hydroxyl groups is 1. The molecule has 1 amide bonds. The van der Waals surface area contributed by atoms with Gasteiger partial charge in [0.05, 0.1) is 10.6 Å². The molecule has 0 bridgehead atoms. The largest absolute Gasteiger partial charge is 0.508 e. The van der Waals surface area contributed by atoms with Crippen molar-refractivity contribution < 1.29 is 9.90 Å². The lowest BCUT2D eigenvalue weighted by molar-refractivity contribution is 0.102. The lowest BCUT2D eigenvalue weighted by atomic mass is 10.1. The summed E-state index contributed by atoms with van der Waals surface area (Å²) in [6.07, 6.45) is 0. The van der Waals surface area contributed by atoms with E-state index in [0.29, 0.717) is 22.4 Å². The maximum atomic E-state index is 12.0. The van der Waals surface area contributed by atoms with Crippen LogP contribution in [-0.4, -0.2) is 11.0 Å². The summed E-state index contributed by atoms with van der Waals surface area (Å²) >= 11 is 5.90. The van der Waals surface area contributed by atoms with Crippen LogP contribution in [0.2, 0.25) is 5.02 Å². The van der Waals surface area contributed by atoms with E-state index in [4.69, 9.17) is 16.9 Å². The fraction of sp³-hybridized carbons (Fsp3) is 0.0667. The standard InChI is InChI=1S/C15H11ClN2O2/c1-9-6-10(3-5-14(9)19)15(20)18-12-4-2-11(8-17)13(16)7-12/h2-7,19H,1H3,(H,18,20). The number of halogens is 1. The number of hydrogen-bond donors (Lipinski definition) is 2. The molecule has 0 atom stereocenters. The second kappa shape index (κ2) is 5.64. The van der Waals surface area contributed by atoms with Gasteiger partial charge < -0.3 is 10.4 Å². The first-order valence-corrected chi connectivity index (χ1v) is 6.19. The minimum atomic E-state index is -0.311. The molecule has 0 aliphatic carbocycles. The Bertz CT molecular complexity index is 720. The van der Waals surface area contributed by atoms with Crippen LogP contribution in [0.5, 0.6) is 5.75 Å². The third-order valence-electron chi connectivity index (χ3n) is 2.81. The van der Waals surface area contributed by atoms with Gasteiger partial charge >= 0.3 is 0 Å². The zero-order valence-corrected chi connectivity index (χ0v) is 11.4. The molecule has 2 aromatic rings. The summed E-state index contributed by atoms with van der Waals surface area (Å²) in [5, 5.41) is 21.2. The Morgan fingerprint density at radius 3 is 2.65 bits per heavy atom. The van der Waals surface area contributed by atoms with Crippen molar-refractivity contribution in [1.29, 1.82) is 5.26 Å². The highest BCUT2D eigenvalue weighted by Gasteiger charge is 2.09. The summed E-state index contributed by atoms with van der Waals surface area (Å²) in [5.41, 5.74) is 1.91. The van der Waals surface area contributed by atoms with Crippen LogP contribution in [0.3, 0.4) is 0 Å². The Morgan fingerprint density at radius 1 is 1.30 bits per heavy atom. The van der Waals surface area contributed by atoms with Crippen molar-refractivity contribution in [3.63, 3.8) is 0 Å². The molecule has 0 unspecified atom stereocenters. The first-order valence-electron chi connectivity index (χ1n) is 5.82. The Hall–Kier alpha value is -2.51. The van der Waals surface area contributed by atoms with Crippen molar-refractivity contribution in [3.8, 4) is 11.8 Å². The average molecular weight is 287 g/mol. The minimum absolute atomic E-state index is 0.142. The molecule has 20 heavy (non-hydrogen) atoms. The molecule has 0 heterocycles. The van der Waals surface area contributed by atoms with Crippen LogP contribution in [0.4, 0.5) is 5.69 Å². The zero-order valence-electron chi connectivity index (χ0n) is 10.6. The Kier molecular flexibility index (Phi) is 3.92. The van der Waals surface area contributed by atoms with Gasteiger partial charge in [-0.2, -0.15) is 5.26 Å². The van der Waals surface area contributed by atoms with Crippen molar-refractivity contribution in [2.45, 2.75) is 6.92 Å². The lowest BCUT2D eigenvalue weighted by Crippen LogP contribution is -2.12. The molecule has 4 nitrogen and oxygen atoms in total. The highest BCUT2D eigenvalue weighted by atomic mass is 35.5. The fourth-order valence-corrected chi connectivity index (χ4v) is 1.91. The number of hydrogen-bond acceptors (Lipinski definition) is 3. The van der Waals surface area contributed by atoms with Crippen molar-refractivity contribution in [2.24, 2.45) is 0 Å². The molecule has 0 fully saturated rings. The zero-order chi connectivity index (χ0) is 14.7. The highest BCUT2D eigenvalue weighted by molar-refractivity contribution is 6.32. The van der Waals surface area contributed by atoms with E-state index in [9.17, 15) is 9.90 Å². The molecular weight excluding hydrogens is 276 g/mol. The van der Waals surface area contributed by atoms with Gasteiger partial charge in [-0.1, -0.05) is 11.6 Å². The number of carbonyl (C=O) groups excluding carboxylic acids is 1. The Labute approximate surface area is 121 Å². The van der Waals surface area contributed by atoms with Gasteiger partial charge in [0, 0.05) is 11.3 Å². The highest BCUT2D eigenvalue weighted by Crippen LogP contribution is 2.22. The predicted octanol–water partition coefficient (Wildman–Crippen LogP) is 3.48. The number of aryl methyl sites for hydroxylation is 1. The van der Waals surface area contributed by atoms with Crippen molar-refractivity contribution >= 4 is 23.2 Å². The minimum Gasteiger partial charge on any atom is -0.508 e. The maximum Gasteiger partial charge on any atom is 0.255 e. The molecule has 0 aliphatic rings. The van der Waals surface area contributed by atoms with Gasteiger partial charge in [-0.05, 0) is 48.9 Å². The molecule has 0 aromatic heterocycles. The molecule has 0 aliphatic heterocycles. The van der Waals surface area contributed by atoms with Crippen LogP contribution >= 0.6 is 11.6 Å². The normalized spacial score (nSPS) is 9.85. The number of carbonyl (C=O) groups is 1. The van der Waals surface area contributed by atoms with Gasteiger partial charge in [-0.3, -0.25) is 4.79 Å². The van der Waals surface area contributed by atoms with Crippen LogP contribution in [0.25, 0.3) is 0 Å². The van der Waals surface area contributed by atoms with Crippen molar-refractivity contribution in [3.05, 3.63) is 58.1 Å². The quantitative estimate of drug-likeness (QED) is 0.887. The summed E-state index contributed by atoms with van der Waals surface area (Å²) < 4.78 is 0. The van der Waals surface area contributed by atoms with Gasteiger partial charge in [0.15, 0.2) is 0 Å². The summed E-state index contributed by atoms with van der Waals surface area (Å²) in [7, 11) is 0. The first kappa shape index (κ1) is 13.9. The van der Waals surface area contributed by atoms with Gasteiger partial charge in [0.1, 0.15) is 11.8 Å². The van der Waals surface area contributed by atoms with Gasteiger partial charge in [0.25, 0.3) is 5.91 Å². The average Bonchev–Trinajstić information content (AvgIpc) is 2.42. The molecule has 0 saturated heterocycles. The van der Waals surface area contributed by atoms with Crippen LogP contribution in [-0.2, 0) is 0 Å². The van der Waals surface area contributed by atoms with E-state index in [1.54, 1.807) is 25.1 Å². The number of phenols is 1. The number of nitrogens with zero attached hydrogens (tertiary/aromatic N) is 1. The van der Waals surface area contributed by atoms with E-state index >= 15 is 0 Å². The number of nitrogens with one attached hydrogen (secondary N) is 1. The van der Waals surface area contributed by atoms with Crippen LogP contribution in [0.15, 0.2) is 36.4 Å². The van der Waals surface area contributed by atoms with Crippen LogP contribution in [0, 0.1) is 18.3 Å². The van der Waals surface area contributed by atoms with E-state index < -0.39 is 0 Å². The number of phenolic OH excluding ortho intramolecular Hbond substituents is 1. The van der Waals surface area contributed by atoms with E-state index in [2.05, 4.69) is 5.32 Å². The van der Waals surface area contributed by atoms with Gasteiger partial charge in [0.2, 0.25) is 0 Å². The summed E-state index contributed by atoms with van der Waals surface area (Å²) in [6.45, 7) is 1.71. The maximum absolute atomic E-state index is 12.0. The summed E-state index contributed by atoms with van der Waals surface area (Å²) in [6, 6.07) is 11.2. The third kappa shape index (κ3) is 2.90. The Morgan fingerprint density at radius 2 is 2.05 bits per heavy atom. The van der Waals surface area contributed by atoms with E-state index in [1.807, 2.05) is 6.07 Å². The Balaban J connectivity index is 2.21. The topological polar surface area (TPSA) is 73.1 Å². The molecule has 5 heteroatoms. The van der Waals surface area contributed by atoms with Crippen LogP contribution < -0.4 is 5.32 Å². The predicted molar refractivity (Wildman–Crippen MR) is 77.0 cm³/mol. The van der Waals surface area contributed by atoms with E-state index in [0.717, 1.165) is 0 Å². The number of anilines is 1. The van der Waals surface area contributed by atoms with Gasteiger partial charge in [-0.25, -0.2) is 0 Å². The number of nitriles is 1. The third-order valence-corrected chi connectivity index (χ3v) is 3.12. The number of benzene rings is 2. The van der Waals surface area contributed by atoms with E-state index in [1.165, 1.54) is 18.2 Å². The monoisotopic (exact) mass is 286 g/mol. The molecule has 2 aromatic carbocycles. The number of amides is 1. The molecule has 0 spiro atoms. The smallest absolute Gasteiger partial charge is 0.255 e. The van der Waals surface area contributed by atoms with Crippen molar-refractivity contribution in [2.75, 3.05) is 5.32 Å². The lowest BCUT2D eigenvalue weighted by Gasteiger charge is -2.07. The molecule has 0 radical (unpaired) electrons. The molecule has 2 rings (SSSR count). The molecular formula is C15H11ClN2O2. The second-order valence-electron chi connectivity index (χ2n) is 4.26. The van der Waals surface area contributed by atoms with Gasteiger partial charge in [-0.15, -0.1) is 0 Å².